The molecule has 0 aliphatic heterocycles. The van der Waals surface area contributed by atoms with E-state index in [0.29, 0.717) is 16.0 Å². The normalized spacial score (nSPS) is 18.4. The Morgan fingerprint density at radius 3 is 2.65 bits per heavy atom. The Bertz CT molecular complexity index is 568. The minimum atomic E-state index is -3.57. The van der Waals surface area contributed by atoms with Gasteiger partial charge in [0.25, 0.3) is 0 Å². The molecule has 1 aromatic rings. The molecule has 0 heterocycles. The summed E-state index contributed by atoms with van der Waals surface area (Å²) in [5, 5.41) is 9.14. The molecule has 1 aliphatic carbocycles. The zero-order chi connectivity index (χ0) is 14.8. The maximum absolute atomic E-state index is 12.5. The van der Waals surface area contributed by atoms with Crippen LogP contribution in [0.15, 0.2) is 27.6 Å². The quantitative estimate of drug-likeness (QED) is 0.847. The highest BCUT2D eigenvalue weighted by molar-refractivity contribution is 9.10. The second-order valence-corrected chi connectivity index (χ2v) is 7.91. The van der Waals surface area contributed by atoms with Crippen molar-refractivity contribution in [1.82, 2.24) is 4.72 Å². The highest BCUT2D eigenvalue weighted by Gasteiger charge is 2.27. The predicted molar refractivity (Wildman–Crippen MR) is 81.8 cm³/mol. The lowest BCUT2D eigenvalue weighted by molar-refractivity contribution is 0.281. The van der Waals surface area contributed by atoms with Crippen LogP contribution < -0.4 is 4.72 Å². The van der Waals surface area contributed by atoms with Gasteiger partial charge in [-0.1, -0.05) is 18.9 Å². The predicted octanol–water partition coefficient (Wildman–Crippen LogP) is 2.80. The van der Waals surface area contributed by atoms with Crippen LogP contribution in [0, 0.1) is 5.92 Å². The molecule has 0 bridgehead atoms. The van der Waals surface area contributed by atoms with Gasteiger partial charge in [-0.05, 0) is 59.3 Å². The first-order valence-corrected chi connectivity index (χ1v) is 9.13. The summed E-state index contributed by atoms with van der Waals surface area (Å²) in [6.45, 7) is 1.76. The number of sulfonamides is 1. The van der Waals surface area contributed by atoms with Crippen molar-refractivity contribution in [2.75, 3.05) is 0 Å². The molecule has 1 aromatic carbocycles. The van der Waals surface area contributed by atoms with Gasteiger partial charge in [0.05, 0.1) is 11.5 Å². The van der Waals surface area contributed by atoms with Crippen LogP contribution in [0.25, 0.3) is 0 Å². The molecule has 6 heteroatoms. The van der Waals surface area contributed by atoms with E-state index in [4.69, 9.17) is 5.11 Å². The molecule has 0 amide bonds. The number of nitrogens with one attached hydrogen (secondary N) is 1. The molecule has 0 saturated heterocycles. The summed E-state index contributed by atoms with van der Waals surface area (Å²) in [6, 6.07) is 4.80. The number of hydrogen-bond donors (Lipinski definition) is 2. The molecule has 1 aliphatic rings. The Labute approximate surface area is 128 Å². The zero-order valence-corrected chi connectivity index (χ0v) is 13.9. The fraction of sp³-hybridized carbons (Fsp3) is 0.571. The third-order valence-corrected chi connectivity index (χ3v) is 6.47. The van der Waals surface area contributed by atoms with Crippen LogP contribution in [0.3, 0.4) is 0 Å². The Morgan fingerprint density at radius 2 is 2.05 bits per heavy atom. The molecule has 20 heavy (non-hydrogen) atoms. The molecule has 0 radical (unpaired) electrons. The third-order valence-electron chi connectivity index (χ3n) is 3.92. The molecule has 1 saturated carbocycles. The smallest absolute Gasteiger partial charge is 0.241 e. The third kappa shape index (κ3) is 3.61. The van der Waals surface area contributed by atoms with Crippen LogP contribution in [0.5, 0.6) is 0 Å². The minimum absolute atomic E-state index is 0.0628. The van der Waals surface area contributed by atoms with E-state index >= 15 is 0 Å². The van der Waals surface area contributed by atoms with Crippen molar-refractivity contribution in [3.05, 3.63) is 28.2 Å². The first-order chi connectivity index (χ1) is 9.44. The number of hydrogen-bond acceptors (Lipinski definition) is 3. The van der Waals surface area contributed by atoms with Gasteiger partial charge in [-0.3, -0.25) is 0 Å². The van der Waals surface area contributed by atoms with Crippen LogP contribution in [-0.2, 0) is 16.6 Å². The zero-order valence-electron chi connectivity index (χ0n) is 11.5. The molecular formula is C14H20BrNO3S. The number of benzene rings is 1. The first kappa shape index (κ1) is 15.9. The summed E-state index contributed by atoms with van der Waals surface area (Å²) in [5.74, 6) is 0.421. The van der Waals surface area contributed by atoms with Gasteiger partial charge < -0.3 is 5.11 Å². The Kier molecular flexibility index (Phi) is 5.23. The van der Waals surface area contributed by atoms with Gasteiger partial charge in [-0.25, -0.2) is 13.1 Å². The van der Waals surface area contributed by atoms with Gasteiger partial charge >= 0.3 is 0 Å². The molecular weight excluding hydrogens is 342 g/mol. The fourth-order valence-electron chi connectivity index (χ4n) is 2.71. The van der Waals surface area contributed by atoms with E-state index in [1.807, 2.05) is 6.92 Å². The number of halogens is 1. The molecule has 1 atom stereocenters. The average molecular weight is 362 g/mol. The molecule has 112 valence electrons. The van der Waals surface area contributed by atoms with Crippen LogP contribution >= 0.6 is 15.9 Å². The second kappa shape index (κ2) is 6.56. The van der Waals surface area contributed by atoms with Crippen molar-refractivity contribution >= 4 is 26.0 Å². The lowest BCUT2D eigenvalue weighted by atomic mass is 10.0. The Morgan fingerprint density at radius 1 is 1.40 bits per heavy atom. The summed E-state index contributed by atoms with van der Waals surface area (Å²) in [4.78, 5) is 0.189. The van der Waals surface area contributed by atoms with E-state index < -0.39 is 10.0 Å². The lowest BCUT2D eigenvalue weighted by Crippen LogP contribution is -2.37. The van der Waals surface area contributed by atoms with E-state index in [1.165, 1.54) is 18.9 Å². The molecule has 2 rings (SSSR count). The van der Waals surface area contributed by atoms with Crippen LogP contribution in [0.2, 0.25) is 0 Å². The van der Waals surface area contributed by atoms with Gasteiger partial charge in [0.1, 0.15) is 0 Å². The van der Waals surface area contributed by atoms with Gasteiger partial charge in [-0.2, -0.15) is 0 Å². The van der Waals surface area contributed by atoms with Crippen molar-refractivity contribution in [2.45, 2.75) is 50.2 Å². The highest BCUT2D eigenvalue weighted by atomic mass is 79.9. The topological polar surface area (TPSA) is 66.4 Å². The van der Waals surface area contributed by atoms with Gasteiger partial charge in [-0.15, -0.1) is 0 Å². The summed E-state index contributed by atoms with van der Waals surface area (Å²) < 4.78 is 28.2. The SMILES string of the molecule is CC(NS(=O)(=O)c1cc(CO)ccc1Br)C1CCCC1. The van der Waals surface area contributed by atoms with E-state index in [2.05, 4.69) is 20.7 Å². The van der Waals surface area contributed by atoms with E-state index in [0.717, 1.165) is 12.8 Å². The number of aliphatic hydroxyl groups is 1. The second-order valence-electron chi connectivity index (χ2n) is 5.38. The van der Waals surface area contributed by atoms with Crippen molar-refractivity contribution in [1.29, 1.82) is 0 Å². The average Bonchev–Trinajstić information content (AvgIpc) is 2.92. The minimum Gasteiger partial charge on any atom is -0.392 e. The van der Waals surface area contributed by atoms with E-state index in [1.54, 1.807) is 12.1 Å². The molecule has 1 unspecified atom stereocenters. The van der Waals surface area contributed by atoms with Crippen LogP contribution in [-0.4, -0.2) is 19.6 Å². The standard InChI is InChI=1S/C14H20BrNO3S/c1-10(12-4-2-3-5-12)16-20(18,19)14-8-11(9-17)6-7-13(14)15/h6-8,10,12,16-17H,2-5,9H2,1H3. The van der Waals surface area contributed by atoms with Crippen molar-refractivity contribution in [3.8, 4) is 0 Å². The van der Waals surface area contributed by atoms with E-state index in [9.17, 15) is 8.42 Å². The molecule has 4 nitrogen and oxygen atoms in total. The molecule has 1 fully saturated rings. The number of rotatable bonds is 5. The van der Waals surface area contributed by atoms with Crippen molar-refractivity contribution in [3.63, 3.8) is 0 Å². The lowest BCUT2D eigenvalue weighted by Gasteiger charge is -2.20. The molecule has 0 aromatic heterocycles. The largest absolute Gasteiger partial charge is 0.392 e. The Hall–Kier alpha value is -0.430. The van der Waals surface area contributed by atoms with Gasteiger partial charge in [0.15, 0.2) is 0 Å². The fourth-order valence-corrected chi connectivity index (χ4v) is 5.04. The van der Waals surface area contributed by atoms with Crippen LogP contribution in [0.4, 0.5) is 0 Å². The highest BCUT2D eigenvalue weighted by Crippen LogP contribution is 2.29. The van der Waals surface area contributed by atoms with E-state index in [-0.39, 0.29) is 17.5 Å². The summed E-state index contributed by atoms with van der Waals surface area (Å²) in [7, 11) is -3.57. The maximum Gasteiger partial charge on any atom is 0.241 e. The number of aliphatic hydroxyl groups excluding tert-OH is 1. The van der Waals surface area contributed by atoms with Crippen LogP contribution in [0.1, 0.15) is 38.2 Å². The summed E-state index contributed by atoms with van der Waals surface area (Å²) >= 11 is 3.27. The van der Waals surface area contributed by atoms with Crippen molar-refractivity contribution in [2.24, 2.45) is 5.92 Å². The summed E-state index contributed by atoms with van der Waals surface area (Å²) in [5.41, 5.74) is 0.585. The van der Waals surface area contributed by atoms with Crippen molar-refractivity contribution < 1.29 is 13.5 Å². The Balaban J connectivity index is 2.21. The molecule has 0 spiro atoms. The van der Waals surface area contributed by atoms with Gasteiger partial charge in [0, 0.05) is 10.5 Å². The monoisotopic (exact) mass is 361 g/mol. The molecule has 2 N–H and O–H groups in total. The summed E-state index contributed by atoms with van der Waals surface area (Å²) in [6.07, 6.45) is 4.53. The van der Waals surface area contributed by atoms with Gasteiger partial charge in [0.2, 0.25) is 10.0 Å². The first-order valence-electron chi connectivity index (χ1n) is 6.85. The maximum atomic E-state index is 12.5.